The molecule has 0 aliphatic rings. The van der Waals surface area contributed by atoms with E-state index in [0.717, 1.165) is 25.0 Å². The monoisotopic (exact) mass is 214 g/mol. The van der Waals surface area contributed by atoms with Crippen LogP contribution in [0.1, 0.15) is 39.5 Å². The van der Waals surface area contributed by atoms with Crippen molar-refractivity contribution in [3.05, 3.63) is 12.2 Å². The number of hydrogen-bond acceptors (Lipinski definition) is 3. The van der Waals surface area contributed by atoms with Crippen LogP contribution in [0.15, 0.2) is 12.2 Å². The first-order chi connectivity index (χ1) is 6.66. The molecule has 0 spiro atoms. The van der Waals surface area contributed by atoms with Gasteiger partial charge in [0.05, 0.1) is 0 Å². The lowest BCUT2D eigenvalue weighted by Crippen LogP contribution is -1.93. The molecule has 0 aromatic carbocycles. The SMILES string of the molecule is C/C=C/C(=O)CCCCCSC(C)=O. The number of rotatable bonds is 7. The summed E-state index contributed by atoms with van der Waals surface area (Å²) in [5.74, 6) is 1.08. The molecule has 0 bridgehead atoms. The molecule has 0 aliphatic heterocycles. The maximum atomic E-state index is 11.0. The molecule has 0 N–H and O–H groups in total. The van der Waals surface area contributed by atoms with E-state index in [1.165, 1.54) is 11.8 Å². The van der Waals surface area contributed by atoms with Crippen molar-refractivity contribution in [1.29, 1.82) is 0 Å². The molecule has 0 heterocycles. The maximum absolute atomic E-state index is 11.0. The number of allylic oxidation sites excluding steroid dienone is 2. The Kier molecular flexibility index (Phi) is 8.64. The summed E-state index contributed by atoms with van der Waals surface area (Å²) in [5, 5.41) is 0.176. The highest BCUT2D eigenvalue weighted by molar-refractivity contribution is 8.13. The predicted octanol–water partition coefficient (Wildman–Crippen LogP) is 2.97. The zero-order chi connectivity index (χ0) is 10.8. The first-order valence-electron chi connectivity index (χ1n) is 4.95. The molecule has 80 valence electrons. The van der Waals surface area contributed by atoms with E-state index in [2.05, 4.69) is 0 Å². The van der Waals surface area contributed by atoms with E-state index in [0.29, 0.717) is 6.42 Å². The Morgan fingerprint density at radius 3 is 2.50 bits per heavy atom. The molecule has 14 heavy (non-hydrogen) atoms. The molecule has 0 radical (unpaired) electrons. The van der Waals surface area contributed by atoms with E-state index >= 15 is 0 Å². The second kappa shape index (κ2) is 9.00. The largest absolute Gasteiger partial charge is 0.295 e. The van der Waals surface area contributed by atoms with Gasteiger partial charge in [-0.1, -0.05) is 24.3 Å². The topological polar surface area (TPSA) is 34.1 Å². The lowest BCUT2D eigenvalue weighted by Gasteiger charge is -1.97. The van der Waals surface area contributed by atoms with Crippen LogP contribution in [0.5, 0.6) is 0 Å². The van der Waals surface area contributed by atoms with Gasteiger partial charge in [-0.15, -0.1) is 0 Å². The molecule has 0 aliphatic carbocycles. The van der Waals surface area contributed by atoms with Gasteiger partial charge in [-0.2, -0.15) is 0 Å². The van der Waals surface area contributed by atoms with Gasteiger partial charge in [0.15, 0.2) is 10.9 Å². The van der Waals surface area contributed by atoms with Gasteiger partial charge in [0, 0.05) is 19.1 Å². The average Bonchev–Trinajstić information content (AvgIpc) is 2.11. The fourth-order valence-electron chi connectivity index (χ4n) is 1.06. The third-order valence-electron chi connectivity index (χ3n) is 1.73. The van der Waals surface area contributed by atoms with Gasteiger partial charge in [-0.3, -0.25) is 9.59 Å². The lowest BCUT2D eigenvalue weighted by molar-refractivity contribution is -0.114. The van der Waals surface area contributed by atoms with Crippen LogP contribution >= 0.6 is 11.8 Å². The summed E-state index contributed by atoms with van der Waals surface area (Å²) < 4.78 is 0. The van der Waals surface area contributed by atoms with Gasteiger partial charge in [0.25, 0.3) is 0 Å². The molecular formula is C11H18O2S. The van der Waals surface area contributed by atoms with Crippen LogP contribution in [0.25, 0.3) is 0 Å². The Balaban J connectivity index is 3.21. The van der Waals surface area contributed by atoms with E-state index in [1.807, 2.05) is 6.92 Å². The number of ketones is 1. The molecular weight excluding hydrogens is 196 g/mol. The van der Waals surface area contributed by atoms with Crippen LogP contribution < -0.4 is 0 Å². The minimum absolute atomic E-state index is 0.176. The highest BCUT2D eigenvalue weighted by atomic mass is 32.2. The predicted molar refractivity (Wildman–Crippen MR) is 61.4 cm³/mol. The van der Waals surface area contributed by atoms with E-state index in [1.54, 1.807) is 19.1 Å². The Bertz CT molecular complexity index is 209. The van der Waals surface area contributed by atoms with Gasteiger partial charge >= 0.3 is 0 Å². The van der Waals surface area contributed by atoms with Crippen molar-refractivity contribution < 1.29 is 9.59 Å². The summed E-state index contributed by atoms with van der Waals surface area (Å²) >= 11 is 1.36. The van der Waals surface area contributed by atoms with E-state index < -0.39 is 0 Å². The Labute approximate surface area is 90.1 Å². The van der Waals surface area contributed by atoms with Crippen molar-refractivity contribution in [3.63, 3.8) is 0 Å². The maximum Gasteiger partial charge on any atom is 0.185 e. The molecule has 0 atom stereocenters. The zero-order valence-electron chi connectivity index (χ0n) is 8.91. The summed E-state index contributed by atoms with van der Waals surface area (Å²) in [7, 11) is 0. The fourth-order valence-corrected chi connectivity index (χ4v) is 1.70. The van der Waals surface area contributed by atoms with Gasteiger partial charge < -0.3 is 0 Å². The van der Waals surface area contributed by atoms with Crippen molar-refractivity contribution in [2.45, 2.75) is 39.5 Å². The molecule has 0 saturated heterocycles. The molecule has 0 amide bonds. The molecule has 0 aromatic heterocycles. The van der Waals surface area contributed by atoms with E-state index in [9.17, 15) is 9.59 Å². The van der Waals surface area contributed by atoms with Gasteiger partial charge in [0.2, 0.25) is 0 Å². The van der Waals surface area contributed by atoms with Gasteiger partial charge in [0.1, 0.15) is 0 Å². The Hall–Kier alpha value is -0.570. The average molecular weight is 214 g/mol. The van der Waals surface area contributed by atoms with Crippen molar-refractivity contribution in [2.75, 3.05) is 5.75 Å². The van der Waals surface area contributed by atoms with Crippen LogP contribution in [-0.2, 0) is 9.59 Å². The van der Waals surface area contributed by atoms with Crippen molar-refractivity contribution in [2.24, 2.45) is 0 Å². The first-order valence-corrected chi connectivity index (χ1v) is 5.94. The minimum atomic E-state index is 0.176. The van der Waals surface area contributed by atoms with Crippen LogP contribution in [-0.4, -0.2) is 16.7 Å². The molecule has 0 saturated carbocycles. The van der Waals surface area contributed by atoms with Crippen molar-refractivity contribution in [1.82, 2.24) is 0 Å². The van der Waals surface area contributed by atoms with E-state index in [-0.39, 0.29) is 10.9 Å². The van der Waals surface area contributed by atoms with Crippen molar-refractivity contribution in [3.8, 4) is 0 Å². The summed E-state index contributed by atoms with van der Waals surface area (Å²) in [6.45, 7) is 3.43. The fraction of sp³-hybridized carbons (Fsp3) is 0.636. The molecule has 0 aromatic rings. The molecule has 0 unspecified atom stereocenters. The van der Waals surface area contributed by atoms with Crippen LogP contribution in [0.4, 0.5) is 0 Å². The standard InChI is InChI=1S/C11H18O2S/c1-3-7-11(13)8-5-4-6-9-14-10(2)12/h3,7H,4-6,8-9H2,1-2H3/b7-3+. The lowest BCUT2D eigenvalue weighted by atomic mass is 10.1. The third kappa shape index (κ3) is 9.52. The van der Waals surface area contributed by atoms with Crippen LogP contribution in [0.3, 0.4) is 0 Å². The zero-order valence-corrected chi connectivity index (χ0v) is 9.73. The van der Waals surface area contributed by atoms with E-state index in [4.69, 9.17) is 0 Å². The normalized spacial score (nSPS) is 10.7. The molecule has 0 rings (SSSR count). The first kappa shape index (κ1) is 13.4. The Morgan fingerprint density at radius 1 is 1.21 bits per heavy atom. The summed E-state index contributed by atoms with van der Waals surface area (Å²) in [4.78, 5) is 21.6. The molecule has 0 fully saturated rings. The van der Waals surface area contributed by atoms with Crippen molar-refractivity contribution >= 4 is 22.7 Å². The highest BCUT2D eigenvalue weighted by Gasteiger charge is 1.97. The second-order valence-electron chi connectivity index (χ2n) is 3.12. The van der Waals surface area contributed by atoms with Gasteiger partial charge in [-0.05, 0) is 25.8 Å². The van der Waals surface area contributed by atoms with Crippen LogP contribution in [0.2, 0.25) is 0 Å². The number of carbonyl (C=O) groups excluding carboxylic acids is 2. The summed E-state index contributed by atoms with van der Waals surface area (Å²) in [6.07, 6.45) is 7.01. The number of unbranched alkanes of at least 4 members (excludes halogenated alkanes) is 2. The number of thioether (sulfide) groups is 1. The molecule has 2 nitrogen and oxygen atoms in total. The quantitative estimate of drug-likeness (QED) is 0.482. The molecule has 3 heteroatoms. The second-order valence-corrected chi connectivity index (χ2v) is 4.39. The number of hydrogen-bond donors (Lipinski definition) is 0. The van der Waals surface area contributed by atoms with Crippen LogP contribution in [0, 0.1) is 0 Å². The minimum Gasteiger partial charge on any atom is -0.295 e. The third-order valence-corrected chi connectivity index (χ3v) is 2.62. The smallest absolute Gasteiger partial charge is 0.185 e. The van der Waals surface area contributed by atoms with Gasteiger partial charge in [-0.25, -0.2) is 0 Å². The summed E-state index contributed by atoms with van der Waals surface area (Å²) in [5.41, 5.74) is 0. The Morgan fingerprint density at radius 2 is 1.93 bits per heavy atom. The highest BCUT2D eigenvalue weighted by Crippen LogP contribution is 2.08. The summed E-state index contributed by atoms with van der Waals surface area (Å²) in [6, 6.07) is 0. The number of carbonyl (C=O) groups is 2.